The molecular weight excluding hydrogens is 385 g/mol. The van der Waals surface area contributed by atoms with E-state index in [2.05, 4.69) is 38.5 Å². The molecule has 1 aromatic heterocycles. The molecule has 0 radical (unpaired) electrons. The first-order valence-electron chi connectivity index (χ1n) is 7.99. The summed E-state index contributed by atoms with van der Waals surface area (Å²) in [5, 5.41) is 6.02. The van der Waals surface area contributed by atoms with Gasteiger partial charge in [0.1, 0.15) is 5.82 Å². The smallest absolute Gasteiger partial charge is 0.220 e. The van der Waals surface area contributed by atoms with Crippen LogP contribution in [0.3, 0.4) is 0 Å². The molecule has 1 fully saturated rings. The average Bonchev–Trinajstić information content (AvgIpc) is 2.54. The van der Waals surface area contributed by atoms with Crippen molar-refractivity contribution >= 4 is 48.9 Å². The van der Waals surface area contributed by atoms with Crippen LogP contribution in [-0.4, -0.2) is 62.6 Å². The van der Waals surface area contributed by atoms with Crippen LogP contribution in [0.25, 0.3) is 0 Å². The minimum atomic E-state index is 0. The first-order valence-corrected chi connectivity index (χ1v) is 7.99. The van der Waals surface area contributed by atoms with Crippen molar-refractivity contribution in [3.8, 4) is 0 Å². The van der Waals surface area contributed by atoms with Crippen molar-refractivity contribution in [2.45, 2.75) is 19.4 Å². The Hall–Kier alpha value is -0.790. The van der Waals surface area contributed by atoms with Gasteiger partial charge < -0.3 is 20.4 Å². The predicted molar refractivity (Wildman–Crippen MR) is 111 cm³/mol. The zero-order chi connectivity index (χ0) is 15.8. The number of halogens is 3. The van der Waals surface area contributed by atoms with Crippen molar-refractivity contribution in [2.75, 3.05) is 51.7 Å². The fraction of sp³-hybridized carbons (Fsp3) is 0.625. The van der Waals surface area contributed by atoms with Crippen molar-refractivity contribution in [3.63, 3.8) is 0 Å². The third kappa shape index (κ3) is 9.47. The lowest BCUT2D eigenvalue weighted by molar-refractivity contribution is -0.121. The number of piperazine rings is 1. The predicted octanol–water partition coefficient (Wildman–Crippen LogP) is 1.71. The summed E-state index contributed by atoms with van der Waals surface area (Å²) >= 11 is 0. The molecule has 0 unspecified atom stereocenters. The summed E-state index contributed by atoms with van der Waals surface area (Å²) in [5.74, 6) is 1.11. The van der Waals surface area contributed by atoms with E-state index in [0.717, 1.165) is 50.5 Å². The van der Waals surface area contributed by atoms with Crippen molar-refractivity contribution in [1.82, 2.24) is 20.5 Å². The van der Waals surface area contributed by atoms with E-state index in [1.54, 1.807) is 0 Å². The van der Waals surface area contributed by atoms with E-state index in [1.165, 1.54) is 0 Å². The Morgan fingerprint density at radius 1 is 1.20 bits per heavy atom. The van der Waals surface area contributed by atoms with Gasteiger partial charge in [-0.2, -0.15) is 0 Å². The summed E-state index contributed by atoms with van der Waals surface area (Å²) in [6.45, 7) is 5.58. The highest BCUT2D eigenvalue weighted by molar-refractivity contribution is 5.86. The van der Waals surface area contributed by atoms with Crippen molar-refractivity contribution in [2.24, 2.45) is 0 Å². The number of likely N-dealkylation sites (N-methyl/N-ethyl adjacent to an activating group) is 1. The van der Waals surface area contributed by atoms with Crippen LogP contribution in [0.15, 0.2) is 18.3 Å². The quantitative estimate of drug-likeness (QED) is 0.665. The molecule has 0 atom stereocenters. The highest BCUT2D eigenvalue weighted by Gasteiger charge is 2.15. The SMILES string of the molecule is CNCCCC(=O)NCc1ccnc(N2CCN(C)CC2)c1.Cl.Cl.Cl. The van der Waals surface area contributed by atoms with Gasteiger partial charge in [0.15, 0.2) is 0 Å². The van der Waals surface area contributed by atoms with E-state index in [0.29, 0.717) is 13.0 Å². The molecule has 6 nitrogen and oxygen atoms in total. The average molecular weight is 415 g/mol. The van der Waals surface area contributed by atoms with E-state index >= 15 is 0 Å². The van der Waals surface area contributed by atoms with Gasteiger partial charge in [-0.1, -0.05) is 0 Å². The summed E-state index contributed by atoms with van der Waals surface area (Å²) in [7, 11) is 4.04. The van der Waals surface area contributed by atoms with Crippen LogP contribution < -0.4 is 15.5 Å². The number of hydrogen-bond donors (Lipinski definition) is 2. The van der Waals surface area contributed by atoms with E-state index in [9.17, 15) is 4.79 Å². The van der Waals surface area contributed by atoms with Gasteiger partial charge >= 0.3 is 0 Å². The number of amides is 1. The largest absolute Gasteiger partial charge is 0.354 e. The minimum absolute atomic E-state index is 0. The second kappa shape index (κ2) is 14.4. The second-order valence-corrected chi connectivity index (χ2v) is 5.80. The Kier molecular flexibility index (Phi) is 15.2. The van der Waals surface area contributed by atoms with Gasteiger partial charge in [0.25, 0.3) is 0 Å². The fourth-order valence-electron chi connectivity index (χ4n) is 2.49. The molecule has 2 rings (SSSR count). The maximum atomic E-state index is 11.7. The van der Waals surface area contributed by atoms with Gasteiger partial charge in [-0.3, -0.25) is 4.79 Å². The number of hydrogen-bond acceptors (Lipinski definition) is 5. The summed E-state index contributed by atoms with van der Waals surface area (Å²) in [4.78, 5) is 20.8. The second-order valence-electron chi connectivity index (χ2n) is 5.80. The molecule has 1 amide bonds. The highest BCUT2D eigenvalue weighted by atomic mass is 35.5. The van der Waals surface area contributed by atoms with Crippen molar-refractivity contribution in [3.05, 3.63) is 23.9 Å². The molecular formula is C16H30Cl3N5O. The zero-order valence-corrected chi connectivity index (χ0v) is 17.3. The molecule has 9 heteroatoms. The molecule has 25 heavy (non-hydrogen) atoms. The lowest BCUT2D eigenvalue weighted by Gasteiger charge is -2.33. The first kappa shape index (κ1) is 26.4. The van der Waals surface area contributed by atoms with Gasteiger partial charge in [0, 0.05) is 45.3 Å². The molecule has 2 N–H and O–H groups in total. The lowest BCUT2D eigenvalue weighted by atomic mass is 10.2. The lowest BCUT2D eigenvalue weighted by Crippen LogP contribution is -2.44. The molecule has 1 saturated heterocycles. The van der Waals surface area contributed by atoms with Crippen LogP contribution >= 0.6 is 37.2 Å². The topological polar surface area (TPSA) is 60.5 Å². The number of anilines is 1. The van der Waals surface area contributed by atoms with Gasteiger partial charge in [-0.05, 0) is 44.8 Å². The van der Waals surface area contributed by atoms with E-state index in [4.69, 9.17) is 0 Å². The summed E-state index contributed by atoms with van der Waals surface area (Å²) < 4.78 is 0. The Balaban J connectivity index is 0. The number of carbonyl (C=O) groups is 1. The molecule has 0 aliphatic carbocycles. The van der Waals surface area contributed by atoms with Crippen LogP contribution in [0.4, 0.5) is 5.82 Å². The number of nitrogens with zero attached hydrogens (tertiary/aromatic N) is 3. The summed E-state index contributed by atoms with van der Waals surface area (Å²) in [6.07, 6.45) is 3.26. The first-order chi connectivity index (χ1) is 10.7. The standard InChI is InChI=1S/C16H27N5O.3ClH/c1-17-6-3-4-16(22)19-13-14-5-7-18-15(12-14)21-10-8-20(2)9-11-21;;;/h5,7,12,17H,3-4,6,8-11,13H2,1-2H3,(H,19,22);3*1H. The number of pyridine rings is 1. The van der Waals surface area contributed by atoms with Crippen LogP contribution in [0.2, 0.25) is 0 Å². The number of carbonyl (C=O) groups excluding carboxylic acids is 1. The van der Waals surface area contributed by atoms with Crippen LogP contribution in [-0.2, 0) is 11.3 Å². The third-order valence-electron chi connectivity index (χ3n) is 3.96. The number of nitrogens with one attached hydrogen (secondary N) is 2. The van der Waals surface area contributed by atoms with E-state index < -0.39 is 0 Å². The van der Waals surface area contributed by atoms with Crippen LogP contribution in [0.1, 0.15) is 18.4 Å². The van der Waals surface area contributed by atoms with Gasteiger partial charge in [-0.15, -0.1) is 37.2 Å². The monoisotopic (exact) mass is 413 g/mol. The highest BCUT2D eigenvalue weighted by Crippen LogP contribution is 2.14. The number of aromatic nitrogens is 1. The Bertz CT molecular complexity index is 485. The molecule has 0 bridgehead atoms. The van der Waals surface area contributed by atoms with Gasteiger partial charge in [-0.25, -0.2) is 4.98 Å². The molecule has 2 heterocycles. The van der Waals surface area contributed by atoms with Crippen LogP contribution in [0, 0.1) is 0 Å². The fourth-order valence-corrected chi connectivity index (χ4v) is 2.49. The Morgan fingerprint density at radius 2 is 1.88 bits per heavy atom. The van der Waals surface area contributed by atoms with E-state index in [1.807, 2.05) is 19.3 Å². The van der Waals surface area contributed by atoms with E-state index in [-0.39, 0.29) is 43.1 Å². The van der Waals surface area contributed by atoms with Crippen LogP contribution in [0.5, 0.6) is 0 Å². The van der Waals surface area contributed by atoms with Crippen molar-refractivity contribution in [1.29, 1.82) is 0 Å². The molecule has 1 aliphatic heterocycles. The minimum Gasteiger partial charge on any atom is -0.354 e. The molecule has 0 saturated carbocycles. The normalized spacial score (nSPS) is 13.9. The van der Waals surface area contributed by atoms with Gasteiger partial charge in [0.2, 0.25) is 5.91 Å². The molecule has 1 aromatic rings. The van der Waals surface area contributed by atoms with Crippen molar-refractivity contribution < 1.29 is 4.79 Å². The Labute approximate surface area is 169 Å². The Morgan fingerprint density at radius 3 is 2.52 bits per heavy atom. The number of rotatable bonds is 7. The maximum absolute atomic E-state index is 11.7. The van der Waals surface area contributed by atoms with Gasteiger partial charge in [0.05, 0.1) is 0 Å². The summed E-state index contributed by atoms with van der Waals surface area (Å²) in [6, 6.07) is 4.05. The molecule has 146 valence electrons. The summed E-state index contributed by atoms with van der Waals surface area (Å²) in [5.41, 5.74) is 1.10. The molecule has 0 aromatic carbocycles. The molecule has 1 aliphatic rings. The maximum Gasteiger partial charge on any atom is 0.220 e. The third-order valence-corrected chi connectivity index (χ3v) is 3.96. The zero-order valence-electron chi connectivity index (χ0n) is 14.9. The molecule has 0 spiro atoms.